The number of fused-ring (bicyclic) bond motifs is 1. The van der Waals surface area contributed by atoms with Crippen molar-refractivity contribution in [1.82, 2.24) is 9.88 Å². The molecule has 0 bridgehead atoms. The van der Waals surface area contributed by atoms with Crippen molar-refractivity contribution >= 4 is 57.6 Å². The number of hydrogen-bond donors (Lipinski definition) is 1. The topological polar surface area (TPSA) is 92.5 Å². The lowest BCUT2D eigenvalue weighted by atomic mass is 9.88. The van der Waals surface area contributed by atoms with Crippen molar-refractivity contribution in [3.05, 3.63) is 70.4 Å². The maximum Gasteiger partial charge on any atom is 0.471 e. The molecule has 2 aromatic heterocycles. The lowest BCUT2D eigenvalue weighted by Crippen LogP contribution is -2.48. The number of Topliss-reactive ketones (excluding diaryl/α,β-unsaturated/α-hetero) is 1. The molecule has 12 heteroatoms. The molecule has 1 aliphatic rings. The van der Waals surface area contributed by atoms with Gasteiger partial charge in [0.05, 0.1) is 11.1 Å². The number of halogens is 5. The van der Waals surface area contributed by atoms with Crippen LogP contribution in [-0.4, -0.2) is 46.2 Å². The van der Waals surface area contributed by atoms with E-state index in [1.165, 1.54) is 0 Å². The van der Waals surface area contributed by atoms with Crippen molar-refractivity contribution in [3.63, 3.8) is 0 Å². The van der Waals surface area contributed by atoms with Crippen LogP contribution >= 0.6 is 23.2 Å². The maximum absolute atomic E-state index is 13.5. The SMILES string of the molecule is CC(C)(C)C(=O)c1oc2nc(-c3ccccc3Cl)c(-c3ccc(Cl)cc3)cc2c1NC(=O)[C@@H]1CCCN1C(=O)C(F)(F)F. The number of rotatable bonds is 5. The van der Waals surface area contributed by atoms with E-state index in [9.17, 15) is 27.6 Å². The Hall–Kier alpha value is -3.89. The van der Waals surface area contributed by atoms with Crippen molar-refractivity contribution in [2.75, 3.05) is 11.9 Å². The molecule has 5 rings (SSSR count). The van der Waals surface area contributed by atoms with Gasteiger partial charge in [0.1, 0.15) is 11.7 Å². The third kappa shape index (κ3) is 5.99. The highest BCUT2D eigenvalue weighted by molar-refractivity contribution is 6.33. The lowest BCUT2D eigenvalue weighted by Gasteiger charge is -2.25. The molecule has 4 aromatic rings. The van der Waals surface area contributed by atoms with E-state index in [0.29, 0.717) is 37.3 Å². The van der Waals surface area contributed by atoms with Crippen LogP contribution in [0.2, 0.25) is 10.0 Å². The van der Waals surface area contributed by atoms with Crippen LogP contribution in [0.15, 0.2) is 59.0 Å². The molecule has 2 aromatic carbocycles. The van der Waals surface area contributed by atoms with E-state index < -0.39 is 35.2 Å². The fraction of sp³-hybridized carbons (Fsp3) is 0.290. The summed E-state index contributed by atoms with van der Waals surface area (Å²) < 4.78 is 45.7. The normalized spacial score (nSPS) is 15.6. The Morgan fingerprint density at radius 3 is 2.30 bits per heavy atom. The van der Waals surface area contributed by atoms with Gasteiger partial charge in [-0.25, -0.2) is 4.98 Å². The van der Waals surface area contributed by atoms with Gasteiger partial charge in [0, 0.05) is 33.1 Å². The number of ketones is 1. The van der Waals surface area contributed by atoms with Crippen molar-refractivity contribution < 1.29 is 32.0 Å². The van der Waals surface area contributed by atoms with Gasteiger partial charge in [0.15, 0.2) is 5.76 Å². The van der Waals surface area contributed by atoms with Gasteiger partial charge in [-0.1, -0.05) is 74.3 Å². The fourth-order valence-electron chi connectivity index (χ4n) is 5.01. The highest BCUT2D eigenvalue weighted by Crippen LogP contribution is 2.42. The van der Waals surface area contributed by atoms with E-state index in [4.69, 9.17) is 32.6 Å². The highest BCUT2D eigenvalue weighted by atomic mass is 35.5. The van der Waals surface area contributed by atoms with Crippen LogP contribution in [-0.2, 0) is 9.59 Å². The summed E-state index contributed by atoms with van der Waals surface area (Å²) >= 11 is 12.7. The Morgan fingerprint density at radius 2 is 1.67 bits per heavy atom. The van der Waals surface area contributed by atoms with E-state index in [0.717, 1.165) is 0 Å². The monoisotopic (exact) mass is 631 g/mol. The largest absolute Gasteiger partial charge is 0.471 e. The van der Waals surface area contributed by atoms with Gasteiger partial charge < -0.3 is 14.6 Å². The smallest absolute Gasteiger partial charge is 0.432 e. The van der Waals surface area contributed by atoms with E-state index in [1.54, 1.807) is 75.4 Å². The first-order chi connectivity index (χ1) is 20.2. The van der Waals surface area contributed by atoms with Gasteiger partial charge in [0.2, 0.25) is 17.4 Å². The van der Waals surface area contributed by atoms with Crippen LogP contribution in [0.1, 0.15) is 44.2 Å². The zero-order valence-electron chi connectivity index (χ0n) is 23.3. The number of aromatic nitrogens is 1. The summed E-state index contributed by atoms with van der Waals surface area (Å²) in [5, 5.41) is 3.77. The molecular weight excluding hydrogens is 606 g/mol. The Bertz CT molecular complexity index is 1740. The summed E-state index contributed by atoms with van der Waals surface area (Å²) in [4.78, 5) is 44.3. The molecule has 7 nitrogen and oxygen atoms in total. The van der Waals surface area contributed by atoms with E-state index in [-0.39, 0.29) is 41.9 Å². The molecule has 1 N–H and O–H groups in total. The molecule has 0 radical (unpaired) electrons. The van der Waals surface area contributed by atoms with Crippen LogP contribution in [0, 0.1) is 5.41 Å². The van der Waals surface area contributed by atoms with Crippen LogP contribution in [0.25, 0.3) is 33.5 Å². The Morgan fingerprint density at radius 1 is 1.00 bits per heavy atom. The number of pyridine rings is 1. The first kappa shape index (κ1) is 30.6. The van der Waals surface area contributed by atoms with Crippen molar-refractivity contribution in [2.24, 2.45) is 5.41 Å². The maximum atomic E-state index is 13.5. The van der Waals surface area contributed by atoms with Crippen LogP contribution in [0.4, 0.5) is 18.9 Å². The molecule has 0 aliphatic carbocycles. The number of alkyl halides is 3. The minimum atomic E-state index is -5.13. The summed E-state index contributed by atoms with van der Waals surface area (Å²) in [6.45, 7) is 4.77. The Balaban J connectivity index is 1.70. The van der Waals surface area contributed by atoms with Gasteiger partial charge in [-0.15, -0.1) is 0 Å². The van der Waals surface area contributed by atoms with Gasteiger partial charge in [-0.05, 0) is 42.7 Å². The second-order valence-electron chi connectivity index (χ2n) is 11.3. The predicted octanol–water partition coefficient (Wildman–Crippen LogP) is 8.19. The van der Waals surface area contributed by atoms with Gasteiger partial charge in [-0.3, -0.25) is 14.4 Å². The van der Waals surface area contributed by atoms with Gasteiger partial charge in [0.25, 0.3) is 0 Å². The molecule has 3 heterocycles. The molecule has 1 atom stereocenters. The molecule has 2 amide bonds. The first-order valence-corrected chi connectivity index (χ1v) is 14.1. The van der Waals surface area contributed by atoms with Crippen molar-refractivity contribution in [3.8, 4) is 22.4 Å². The molecule has 0 saturated carbocycles. The minimum absolute atomic E-state index is 0.00480. The van der Waals surface area contributed by atoms with Gasteiger partial charge >= 0.3 is 12.1 Å². The number of carbonyl (C=O) groups is 3. The molecule has 1 saturated heterocycles. The number of anilines is 1. The number of furan rings is 1. The van der Waals surface area contributed by atoms with Crippen LogP contribution < -0.4 is 5.32 Å². The quantitative estimate of drug-likeness (QED) is 0.224. The van der Waals surface area contributed by atoms with Crippen molar-refractivity contribution in [1.29, 1.82) is 0 Å². The van der Waals surface area contributed by atoms with E-state index >= 15 is 0 Å². The van der Waals surface area contributed by atoms with E-state index in [1.807, 2.05) is 0 Å². The first-order valence-electron chi connectivity index (χ1n) is 13.4. The molecule has 0 spiro atoms. The number of hydrogen-bond acceptors (Lipinski definition) is 5. The molecule has 1 fully saturated rings. The number of nitrogens with zero attached hydrogens (tertiary/aromatic N) is 2. The molecular formula is C31H26Cl2F3N3O4. The average molecular weight is 632 g/mol. The Kier molecular flexibility index (Phi) is 8.04. The summed E-state index contributed by atoms with van der Waals surface area (Å²) in [6, 6.07) is 14.2. The summed E-state index contributed by atoms with van der Waals surface area (Å²) in [5.41, 5.74) is 1.27. The van der Waals surface area contributed by atoms with Crippen molar-refractivity contribution in [2.45, 2.75) is 45.8 Å². The third-order valence-electron chi connectivity index (χ3n) is 7.16. The fourth-order valence-corrected chi connectivity index (χ4v) is 5.36. The average Bonchev–Trinajstić information content (AvgIpc) is 3.56. The zero-order chi connectivity index (χ0) is 31.3. The van der Waals surface area contributed by atoms with Crippen LogP contribution in [0.3, 0.4) is 0 Å². The second-order valence-corrected chi connectivity index (χ2v) is 12.1. The Labute approximate surface area is 255 Å². The highest BCUT2D eigenvalue weighted by Gasteiger charge is 2.48. The van der Waals surface area contributed by atoms with Crippen LogP contribution in [0.5, 0.6) is 0 Å². The number of amides is 2. The zero-order valence-corrected chi connectivity index (χ0v) is 24.8. The summed E-state index contributed by atoms with van der Waals surface area (Å²) in [7, 11) is 0. The standard InChI is InChI=1S/C31H26Cl2F3N3O4/c1-30(2,3)26(40)25-24(37-27(41)22-9-6-14-39(22)29(42)31(34,35)36)20-15-19(16-10-12-17(32)13-11-16)23(38-28(20)43-25)18-7-4-5-8-21(18)33/h4-5,7-8,10-13,15,22H,6,9,14H2,1-3H3,(H,37,41)/t22-/m0/s1. The summed E-state index contributed by atoms with van der Waals surface area (Å²) in [5.74, 6) is -3.65. The molecule has 0 unspecified atom stereocenters. The lowest BCUT2D eigenvalue weighted by molar-refractivity contribution is -0.186. The predicted molar refractivity (Wildman–Crippen MR) is 158 cm³/mol. The summed E-state index contributed by atoms with van der Waals surface area (Å²) in [6.07, 6.45) is -4.90. The molecule has 43 heavy (non-hydrogen) atoms. The molecule has 224 valence electrons. The van der Waals surface area contributed by atoms with Gasteiger partial charge in [-0.2, -0.15) is 13.2 Å². The third-order valence-corrected chi connectivity index (χ3v) is 7.74. The second kappa shape index (κ2) is 11.3. The number of nitrogens with one attached hydrogen (secondary N) is 1. The minimum Gasteiger partial charge on any atom is -0.432 e. The number of carbonyl (C=O) groups excluding carboxylic acids is 3. The molecule has 1 aliphatic heterocycles. The number of likely N-dealkylation sites (tertiary alicyclic amines) is 1. The number of benzene rings is 2. The van der Waals surface area contributed by atoms with E-state index in [2.05, 4.69) is 5.32 Å².